The number of ketones is 2. The number of rotatable bonds is 4. The van der Waals surface area contributed by atoms with Crippen molar-refractivity contribution in [3.63, 3.8) is 0 Å². The molecular weight excluding hydrogens is 410 g/mol. The van der Waals surface area contributed by atoms with Gasteiger partial charge in [-0.1, -0.05) is 59.7 Å². The Morgan fingerprint density at radius 3 is 1.67 bits per heavy atom. The predicted octanol–water partition coefficient (Wildman–Crippen LogP) is 6.15. The van der Waals surface area contributed by atoms with Crippen LogP contribution in [0.3, 0.4) is 0 Å². The summed E-state index contributed by atoms with van der Waals surface area (Å²) in [6.45, 7) is 4.01. The summed E-state index contributed by atoms with van der Waals surface area (Å²) in [6.07, 6.45) is 0. The molecule has 0 amide bonds. The molecule has 5 heteroatoms. The van der Waals surface area contributed by atoms with Gasteiger partial charge < -0.3 is 16.4 Å². The number of hydrogen-bond acceptors (Lipinski definition) is 5. The van der Waals surface area contributed by atoms with Gasteiger partial charge in [0.15, 0.2) is 11.6 Å². The van der Waals surface area contributed by atoms with Gasteiger partial charge in [-0.15, -0.1) is 0 Å². The van der Waals surface area contributed by atoms with E-state index in [4.69, 9.17) is 5.73 Å². The fourth-order valence-electron chi connectivity index (χ4n) is 4.12. The normalized spacial score (nSPS) is 12.2. The third-order valence-corrected chi connectivity index (χ3v) is 5.88. The van der Waals surface area contributed by atoms with E-state index < -0.39 is 0 Å². The zero-order valence-electron chi connectivity index (χ0n) is 18.4. The van der Waals surface area contributed by atoms with Gasteiger partial charge in [0.05, 0.1) is 28.2 Å². The van der Waals surface area contributed by atoms with Gasteiger partial charge in [0, 0.05) is 22.5 Å². The highest BCUT2D eigenvalue weighted by Crippen LogP contribution is 2.42. The average molecular weight is 434 g/mol. The first kappa shape index (κ1) is 20.5. The lowest BCUT2D eigenvalue weighted by Crippen LogP contribution is -2.24. The summed E-state index contributed by atoms with van der Waals surface area (Å²) >= 11 is 0. The first-order valence-electron chi connectivity index (χ1n) is 10.7. The molecule has 0 unspecified atom stereocenters. The molecule has 0 heterocycles. The standard InChI is InChI=1S/C28H23N3O2/c1-16-7-11-18(12-8-16)30-23-15-22(29)26(31-19-13-9-17(2)10-14-19)25-24(23)27(32)20-5-3-4-6-21(20)28(25)33/h3-15,30-31H,29H2,1-2H3. The van der Waals surface area contributed by atoms with Gasteiger partial charge in [-0.05, 0) is 44.2 Å². The Balaban J connectivity index is 1.70. The fraction of sp³-hybridized carbons (Fsp3) is 0.0714. The van der Waals surface area contributed by atoms with Crippen LogP contribution in [0.2, 0.25) is 0 Å². The number of benzene rings is 4. The second kappa shape index (κ2) is 7.95. The van der Waals surface area contributed by atoms with Gasteiger partial charge in [0.2, 0.25) is 0 Å². The minimum absolute atomic E-state index is 0.207. The molecule has 0 atom stereocenters. The van der Waals surface area contributed by atoms with Crippen molar-refractivity contribution < 1.29 is 9.59 Å². The number of nitrogens with two attached hydrogens (primary N) is 1. The van der Waals surface area contributed by atoms with Crippen LogP contribution in [-0.2, 0) is 0 Å². The Bertz CT molecular complexity index is 1400. The SMILES string of the molecule is Cc1ccc(Nc2cc(N)c(Nc3ccc(C)cc3)c3c2C(=O)c2ccccc2C3=O)cc1. The minimum Gasteiger partial charge on any atom is -0.397 e. The van der Waals surface area contributed by atoms with Gasteiger partial charge in [-0.2, -0.15) is 0 Å². The van der Waals surface area contributed by atoms with E-state index in [9.17, 15) is 9.59 Å². The third-order valence-electron chi connectivity index (χ3n) is 5.88. The van der Waals surface area contributed by atoms with Crippen LogP contribution in [0.1, 0.15) is 43.0 Å². The molecule has 5 rings (SSSR count). The van der Waals surface area contributed by atoms with Crippen LogP contribution in [0.15, 0.2) is 78.9 Å². The van der Waals surface area contributed by atoms with Crippen LogP contribution in [0, 0.1) is 13.8 Å². The largest absolute Gasteiger partial charge is 0.397 e. The molecule has 4 aromatic carbocycles. The van der Waals surface area contributed by atoms with E-state index in [-0.39, 0.29) is 17.1 Å². The van der Waals surface area contributed by atoms with E-state index in [1.165, 1.54) is 0 Å². The van der Waals surface area contributed by atoms with Crippen molar-refractivity contribution in [3.05, 3.63) is 112 Å². The molecule has 33 heavy (non-hydrogen) atoms. The molecule has 1 aliphatic carbocycles. The van der Waals surface area contributed by atoms with E-state index in [0.29, 0.717) is 33.8 Å². The van der Waals surface area contributed by atoms with Crippen LogP contribution < -0.4 is 16.4 Å². The van der Waals surface area contributed by atoms with Crippen molar-refractivity contribution in [1.82, 2.24) is 0 Å². The number of hydrogen-bond donors (Lipinski definition) is 3. The van der Waals surface area contributed by atoms with Crippen LogP contribution in [0.25, 0.3) is 0 Å². The maximum Gasteiger partial charge on any atom is 0.196 e. The molecule has 0 saturated carbocycles. The molecule has 0 radical (unpaired) electrons. The van der Waals surface area contributed by atoms with Crippen molar-refractivity contribution in [2.45, 2.75) is 13.8 Å². The monoisotopic (exact) mass is 433 g/mol. The van der Waals surface area contributed by atoms with Crippen molar-refractivity contribution in [1.29, 1.82) is 0 Å². The zero-order chi connectivity index (χ0) is 23.1. The van der Waals surface area contributed by atoms with Gasteiger partial charge in [-0.3, -0.25) is 9.59 Å². The summed E-state index contributed by atoms with van der Waals surface area (Å²) in [5.74, 6) is -0.434. The van der Waals surface area contributed by atoms with Crippen LogP contribution >= 0.6 is 0 Å². The molecule has 1 aliphatic rings. The summed E-state index contributed by atoms with van der Waals surface area (Å²) in [5.41, 5.74) is 13.0. The van der Waals surface area contributed by atoms with E-state index in [0.717, 1.165) is 22.5 Å². The summed E-state index contributed by atoms with van der Waals surface area (Å²) in [6, 6.07) is 24.2. The molecule has 5 nitrogen and oxygen atoms in total. The lowest BCUT2D eigenvalue weighted by molar-refractivity contribution is 0.0980. The van der Waals surface area contributed by atoms with Crippen LogP contribution in [-0.4, -0.2) is 11.6 Å². The maximum atomic E-state index is 13.6. The molecule has 4 aromatic rings. The van der Waals surface area contributed by atoms with E-state index in [2.05, 4.69) is 10.6 Å². The van der Waals surface area contributed by atoms with E-state index in [1.807, 2.05) is 62.4 Å². The first-order chi connectivity index (χ1) is 15.9. The number of carbonyl (C=O) groups excluding carboxylic acids is 2. The second-order valence-electron chi connectivity index (χ2n) is 8.32. The lowest BCUT2D eigenvalue weighted by atomic mass is 9.81. The second-order valence-corrected chi connectivity index (χ2v) is 8.32. The number of anilines is 5. The Morgan fingerprint density at radius 1 is 0.636 bits per heavy atom. The Morgan fingerprint density at radius 2 is 1.12 bits per heavy atom. The van der Waals surface area contributed by atoms with E-state index >= 15 is 0 Å². The van der Waals surface area contributed by atoms with Crippen LogP contribution in [0.5, 0.6) is 0 Å². The van der Waals surface area contributed by atoms with Gasteiger partial charge >= 0.3 is 0 Å². The molecular formula is C28H23N3O2. The van der Waals surface area contributed by atoms with Crippen LogP contribution in [0.4, 0.5) is 28.4 Å². The topological polar surface area (TPSA) is 84.2 Å². The highest BCUT2D eigenvalue weighted by atomic mass is 16.1. The molecule has 0 spiro atoms. The van der Waals surface area contributed by atoms with Gasteiger partial charge in [0.25, 0.3) is 0 Å². The average Bonchev–Trinajstić information content (AvgIpc) is 2.82. The predicted molar refractivity (Wildman–Crippen MR) is 133 cm³/mol. The fourth-order valence-corrected chi connectivity index (χ4v) is 4.12. The quantitative estimate of drug-likeness (QED) is 0.296. The number of nitrogen functional groups attached to an aromatic ring is 1. The zero-order valence-corrected chi connectivity index (χ0v) is 18.4. The molecule has 0 fully saturated rings. The maximum absolute atomic E-state index is 13.6. The summed E-state index contributed by atoms with van der Waals surface area (Å²) in [4.78, 5) is 27.3. The highest BCUT2D eigenvalue weighted by molar-refractivity contribution is 6.33. The molecule has 162 valence electrons. The summed E-state index contributed by atoms with van der Waals surface area (Å²) < 4.78 is 0. The first-order valence-corrected chi connectivity index (χ1v) is 10.7. The number of carbonyl (C=O) groups is 2. The van der Waals surface area contributed by atoms with Crippen molar-refractivity contribution in [3.8, 4) is 0 Å². The molecule has 0 aromatic heterocycles. The smallest absolute Gasteiger partial charge is 0.196 e. The summed E-state index contributed by atoms with van der Waals surface area (Å²) in [7, 11) is 0. The van der Waals surface area contributed by atoms with Crippen molar-refractivity contribution in [2.75, 3.05) is 16.4 Å². The minimum atomic E-state index is -0.228. The van der Waals surface area contributed by atoms with Crippen molar-refractivity contribution in [2.24, 2.45) is 0 Å². The summed E-state index contributed by atoms with van der Waals surface area (Å²) in [5, 5.41) is 6.58. The lowest BCUT2D eigenvalue weighted by Gasteiger charge is -2.25. The number of aryl methyl sites for hydroxylation is 2. The highest BCUT2D eigenvalue weighted by Gasteiger charge is 2.35. The van der Waals surface area contributed by atoms with Gasteiger partial charge in [0.1, 0.15) is 0 Å². The molecule has 0 bridgehead atoms. The van der Waals surface area contributed by atoms with Gasteiger partial charge in [-0.25, -0.2) is 0 Å². The number of nitrogens with one attached hydrogen (secondary N) is 2. The molecule has 0 aliphatic heterocycles. The Kier molecular flexibility index (Phi) is 4.94. The van der Waals surface area contributed by atoms with Crippen molar-refractivity contribution >= 4 is 40.0 Å². The number of fused-ring (bicyclic) bond motifs is 2. The molecule has 4 N–H and O–H groups in total. The third kappa shape index (κ3) is 3.64. The molecule has 0 saturated heterocycles. The Hall–Kier alpha value is -4.38. The van der Waals surface area contributed by atoms with E-state index in [1.54, 1.807) is 30.3 Å². The Labute approximate surface area is 192 Å².